The summed E-state index contributed by atoms with van der Waals surface area (Å²) in [6.45, 7) is 30.2. The van der Waals surface area contributed by atoms with Gasteiger partial charge in [-0.05, 0) is 309 Å². The van der Waals surface area contributed by atoms with Crippen LogP contribution in [0.5, 0.6) is 11.5 Å². The number of methoxy groups -OCH3 is 2. The topological polar surface area (TPSA) is 251 Å². The number of thioether (sulfide) groups is 3. The van der Waals surface area contributed by atoms with Crippen LogP contribution in [0.1, 0.15) is 307 Å². The van der Waals surface area contributed by atoms with Crippen molar-refractivity contribution in [2.75, 3.05) is 122 Å². The number of urea groups is 1. The summed E-state index contributed by atoms with van der Waals surface area (Å²) >= 11 is 5.65. The van der Waals surface area contributed by atoms with Crippen molar-refractivity contribution in [3.63, 3.8) is 0 Å². The number of hydrogen-bond acceptors (Lipinski definition) is 25. The lowest BCUT2D eigenvalue weighted by atomic mass is 9.58. The van der Waals surface area contributed by atoms with Gasteiger partial charge in [-0.25, -0.2) is 4.79 Å². The number of ketones is 10. The van der Waals surface area contributed by atoms with Crippen LogP contribution in [0.2, 0.25) is 0 Å². The van der Waals surface area contributed by atoms with E-state index in [0.29, 0.717) is 70.0 Å². The van der Waals surface area contributed by atoms with E-state index in [-0.39, 0.29) is 162 Å². The number of likely N-dealkylation sites (tertiary alicyclic amines) is 4. The normalized spacial score (nSPS) is 26.6. The molecular weight excluding hydrogens is 1820 g/mol. The maximum Gasteiger partial charge on any atom is 0.320 e. The van der Waals surface area contributed by atoms with Gasteiger partial charge in [0.15, 0.2) is 28.4 Å². The minimum absolute atomic E-state index is 0. The number of rotatable bonds is 14. The summed E-state index contributed by atoms with van der Waals surface area (Å²) in [7, 11) is 22.8. The summed E-state index contributed by atoms with van der Waals surface area (Å²) in [5.74, 6) is 11.0. The molecule has 804 valence electrons. The Morgan fingerprint density at radius 1 is 0.450 bits per heavy atom. The maximum atomic E-state index is 11.6. The van der Waals surface area contributed by atoms with Crippen LogP contribution in [0.15, 0.2) is 65.8 Å². The van der Waals surface area contributed by atoms with E-state index in [2.05, 4.69) is 131 Å². The molecule has 15 aliphatic rings. The van der Waals surface area contributed by atoms with Crippen LogP contribution >= 0.6 is 35.3 Å². The average molecular weight is 2020 g/mol. The van der Waals surface area contributed by atoms with Crippen LogP contribution in [0.25, 0.3) is 0 Å². The van der Waals surface area contributed by atoms with Crippen LogP contribution in [-0.2, 0) is 86.7 Å². The Balaban J connectivity index is -0.00000148. The van der Waals surface area contributed by atoms with Crippen molar-refractivity contribution in [2.45, 2.75) is 383 Å². The number of ether oxygens (including phenoxy) is 2. The highest BCUT2D eigenvalue weighted by Gasteiger charge is 2.49. The minimum atomic E-state index is -0.243. The first-order valence-electron chi connectivity index (χ1n) is 47.8. The van der Waals surface area contributed by atoms with E-state index in [1.807, 2.05) is 77.0 Å². The molecule has 11 fully saturated rings. The zero-order valence-electron chi connectivity index (χ0n) is 83.8. The third kappa shape index (κ3) is 37.1. The van der Waals surface area contributed by atoms with Crippen molar-refractivity contribution >= 4 is 104 Å². The Kier molecular flexibility index (Phi) is 62.0. The second kappa shape index (κ2) is 63.1. The van der Waals surface area contributed by atoms with Crippen LogP contribution in [0.4, 0.5) is 4.79 Å². The number of amides is 2. The van der Waals surface area contributed by atoms with Crippen molar-refractivity contribution in [3.8, 4) is 11.5 Å². The first-order valence-corrected chi connectivity index (χ1v) is 50.7. The highest BCUT2D eigenvalue weighted by atomic mass is 32.2. The lowest BCUT2D eigenvalue weighted by Crippen LogP contribution is -2.42. The fourth-order valence-electron chi connectivity index (χ4n) is 22.4. The van der Waals surface area contributed by atoms with E-state index in [1.165, 1.54) is 134 Å². The quantitative estimate of drug-likeness (QED) is 0.145. The minimum Gasteiger partial charge on any atom is -0.493 e. The third-order valence-corrected chi connectivity index (χ3v) is 35.0. The summed E-state index contributed by atoms with van der Waals surface area (Å²) in [4.78, 5) is 142. The van der Waals surface area contributed by atoms with E-state index in [1.54, 1.807) is 112 Å². The summed E-state index contributed by atoms with van der Waals surface area (Å²) < 4.78 is 11.0. The second-order valence-electron chi connectivity index (χ2n) is 40.6. The summed E-state index contributed by atoms with van der Waals surface area (Å²) in [5.41, 5.74) is 7.98. The Hall–Kier alpha value is -6.53. The molecule has 27 heteroatoms. The fourth-order valence-corrected chi connectivity index (χ4v) is 26.9. The number of benzene rings is 3. The molecule has 0 N–H and O–H groups in total. The Morgan fingerprint density at radius 2 is 0.864 bits per heavy atom. The number of nitrogens with zero attached hydrogens (tertiary/aromatic N) is 11. The largest absolute Gasteiger partial charge is 0.493 e. The molecule has 0 aromatic heterocycles. The summed E-state index contributed by atoms with van der Waals surface area (Å²) in [6, 6.07) is 23.4. The molecule has 140 heavy (non-hydrogen) atoms. The van der Waals surface area contributed by atoms with Crippen molar-refractivity contribution in [2.24, 2.45) is 46.0 Å². The summed E-state index contributed by atoms with van der Waals surface area (Å²) in [6.07, 6.45) is 24.1. The molecule has 9 aliphatic heterocycles. The third-order valence-electron chi connectivity index (χ3n) is 29.8. The van der Waals surface area contributed by atoms with Crippen molar-refractivity contribution in [3.05, 3.63) is 94.0 Å². The van der Waals surface area contributed by atoms with E-state index < -0.39 is 0 Å². The zero-order valence-corrected chi connectivity index (χ0v) is 86.3. The average Bonchev–Trinajstić information content (AvgIpc) is 1.70. The van der Waals surface area contributed by atoms with Crippen molar-refractivity contribution < 1.29 is 62.2 Å². The van der Waals surface area contributed by atoms with Gasteiger partial charge >= 0.3 is 6.03 Å². The molecule has 2 bridgehead atoms. The van der Waals surface area contributed by atoms with Crippen LogP contribution in [0, 0.1) is 40.9 Å². The molecule has 5 unspecified atom stereocenters. The maximum absolute atomic E-state index is 11.6. The molecule has 6 aliphatic carbocycles. The van der Waals surface area contributed by atoms with Gasteiger partial charge in [-0.3, -0.25) is 87.3 Å². The molecule has 0 radical (unpaired) electrons. The van der Waals surface area contributed by atoms with Gasteiger partial charge in [0.05, 0.1) is 61.1 Å². The second-order valence-corrected chi connectivity index (χ2v) is 44.9. The Bertz CT molecular complexity index is 4360. The molecule has 1 spiro atoms. The monoisotopic (exact) mass is 2020 g/mol. The van der Waals surface area contributed by atoms with Gasteiger partial charge in [0.25, 0.3) is 0 Å². The van der Waals surface area contributed by atoms with E-state index in [9.17, 15) is 52.7 Å². The first kappa shape index (κ1) is 138. The fraction of sp³-hybridized carbons (Fsp3) is 0.735. The number of hydrogen-bond donors (Lipinski definition) is 0. The van der Waals surface area contributed by atoms with Crippen molar-refractivity contribution in [1.29, 1.82) is 0 Å². The van der Waals surface area contributed by atoms with Gasteiger partial charge in [-0.2, -0.15) is 5.10 Å². The molecule has 3 aromatic carbocycles. The lowest BCUT2D eigenvalue weighted by molar-refractivity contribution is -0.129. The van der Waals surface area contributed by atoms with E-state index in [4.69, 9.17) is 9.47 Å². The van der Waals surface area contributed by atoms with E-state index >= 15 is 0 Å². The number of carbonyl (C=O) groups is 11. The zero-order chi connectivity index (χ0) is 96.2. The molecule has 9 heterocycles. The summed E-state index contributed by atoms with van der Waals surface area (Å²) in [5, 5.41) is 7.02. The number of likely N-dealkylation sites (N-methyl/N-ethyl adjacent to an activating group) is 10. The molecule has 2 amide bonds. The molecule has 5 saturated carbocycles. The van der Waals surface area contributed by atoms with Crippen LogP contribution in [-0.4, -0.2) is 310 Å². The molecular formula is C113H201N11O13S3. The standard InChI is InChI=1S/C14H19NO3.C13H17NO.C12H15NO.C11H19NO.C11H18O.C10H17NO.C9H16N2OS.C9H15NOS2.C7H12N2O2.C7H13NO.10CH4/c1-9(16)12-5-10-6-13(17-3)14(18-4)7-11(10)8-15(12)2;1-10(15)9-14(2)13-7-11-5-3-4-6-12(11)8-13;1-9(14)12-7-10-5-3-4-6-11(10)8-13(12)2;1-8(13)11-7-9-5-3-4-6-10(9)12(11)2;1-7-9-3-5-10(6-4-9)11(7)8(2)12;1-7(12)10-6-8-4-3-5-9(8)11(10)2;1-6(12)7-11(5)10-8(13-7)9(2,3)4;1-7(11)8-5-9(6-10(8)2)12-3-4-13-9;1-5(10)6-4-8(2)7(11)9(6)3;1-6(9)7-4-3-5-8(7)2;;;;;;;;;;/h6-7,12H,5,8H2,1-4H3;3-6,13H,7-9H2,1-2H3;3-6,12H,7-8H2,1-2H3;9-11H,3-7H2,1-2H3;7,9-11H,3-6H2,1-2H3;8-10H,3-6H2,1-2H3;7H,1-5H3;8H,3-6H2,1-2H3;6H,4H2,1-3H3;7H,3-5H2,1-2H3;10*1H4/t12-;;12-;9?,10?,11-;7?,9?,10?,11-;8?,9?,10-;7-;8-;6-;7-;;;;;;;;;;/m0.00100000........../s1. The molecule has 24 nitrogen and oxygen atoms in total. The highest BCUT2D eigenvalue weighted by Crippen LogP contribution is 2.52. The first-order chi connectivity index (χ1) is 61.2. The SMILES string of the molecule is C.C.C.C.C.C.C.C.C.C.CC(=O)CN(C)C1Cc2ccccc2C1.CC(=O)[C@@H]1C2CCC(CC2)C1C.CC(=O)[C@@H]1CC2(CN1C)SCCS2.CC(=O)[C@@H]1CC2CCCC2N1C.CC(=O)[C@@H]1CC2CCCCC2N1C.CC(=O)[C@@H]1CCCN1C.CC(=O)[C@@H]1CN(C)C(=O)N1C.CC(=O)[C@@H]1Cc2ccccc2CN1C.CC(=O)[C@@H]1SC(C(C)(C)C)=NN1C.COc1cc2c(cc1OC)CN(C)[C@H](C(C)=O)C2. The van der Waals surface area contributed by atoms with Gasteiger partial charge in [0.2, 0.25) is 0 Å². The predicted octanol–water partition coefficient (Wildman–Crippen LogP) is 21.3. The van der Waals surface area contributed by atoms with Crippen molar-refractivity contribution in [1.82, 2.24) is 49.1 Å². The van der Waals surface area contributed by atoms with E-state index in [0.717, 1.165) is 124 Å². The molecule has 18 rings (SSSR count). The number of Topliss-reactive ketones (excluding diaryl/α,β-unsaturated/α-hetero) is 10. The molecule has 14 atom stereocenters. The van der Waals surface area contributed by atoms with Gasteiger partial charge in [-0.15, -0.1) is 23.5 Å². The Labute approximate surface area is 866 Å². The van der Waals surface area contributed by atoms with Gasteiger partial charge in [-0.1, -0.05) is 182 Å². The molecule has 3 aromatic rings. The smallest absolute Gasteiger partial charge is 0.320 e. The number of fused-ring (bicyclic) bond motifs is 8. The highest BCUT2D eigenvalue weighted by molar-refractivity contribution is 8.21. The van der Waals surface area contributed by atoms with Gasteiger partial charge < -0.3 is 19.3 Å². The lowest BCUT2D eigenvalue weighted by Gasteiger charge is -2.46. The van der Waals surface area contributed by atoms with Crippen LogP contribution in [0.3, 0.4) is 0 Å². The molecule has 6 saturated heterocycles. The predicted molar refractivity (Wildman–Crippen MR) is 596 cm³/mol. The van der Waals surface area contributed by atoms with Gasteiger partial charge in [0, 0.05) is 88.3 Å². The Morgan fingerprint density at radius 3 is 1.21 bits per heavy atom. The number of hydrazone groups is 1. The number of carbonyl (C=O) groups excluding carboxylic acids is 11. The van der Waals surface area contributed by atoms with Gasteiger partial charge in [0.1, 0.15) is 57.4 Å². The van der Waals surface area contributed by atoms with Crippen LogP contribution < -0.4 is 9.47 Å².